The quantitative estimate of drug-likeness (QED) is 0.684. The fourth-order valence-corrected chi connectivity index (χ4v) is 2.53. The first-order chi connectivity index (χ1) is 7.74. The van der Waals surface area contributed by atoms with Crippen LogP contribution in [0.4, 0.5) is 0 Å². The smallest absolute Gasteiger partial charge is 0.0594 e. The van der Waals surface area contributed by atoms with E-state index in [0.717, 1.165) is 25.1 Å². The minimum Gasteiger partial charge on any atom is -0.379 e. The molecule has 1 rings (SSSR count). The Morgan fingerprint density at radius 3 is 2.41 bits per heavy atom. The zero-order valence-electron chi connectivity index (χ0n) is 11.4. The van der Waals surface area contributed by atoms with Crippen LogP contribution in [-0.4, -0.2) is 43.8 Å². The van der Waals surface area contributed by atoms with Gasteiger partial charge < -0.3 is 10.5 Å². The predicted octanol–water partition coefficient (Wildman–Crippen LogP) is 2.28. The maximum absolute atomic E-state index is 5.49. The molecule has 0 aromatic rings. The van der Waals surface area contributed by atoms with Crippen molar-refractivity contribution in [3.63, 3.8) is 0 Å². The van der Waals surface area contributed by atoms with Crippen LogP contribution in [0.25, 0.3) is 0 Å². The summed E-state index contributed by atoms with van der Waals surface area (Å²) < 4.78 is 5.49. The highest BCUT2D eigenvalue weighted by Gasteiger charge is 2.22. The third kappa shape index (κ3) is 7.24. The third-order valence-electron chi connectivity index (χ3n) is 3.23. The highest BCUT2D eigenvalue weighted by Crippen LogP contribution is 2.23. The van der Waals surface area contributed by atoms with Gasteiger partial charge in [-0.05, 0) is 18.8 Å². The molecule has 0 spiro atoms. The van der Waals surface area contributed by atoms with Gasteiger partial charge in [-0.15, -0.1) is 12.4 Å². The predicted molar refractivity (Wildman–Crippen MR) is 75.8 cm³/mol. The minimum absolute atomic E-state index is 0. The first kappa shape index (κ1) is 17.2. The molecule has 0 saturated heterocycles. The molecule has 0 atom stereocenters. The molecule has 0 aliphatic heterocycles. The number of rotatable bonds is 8. The fourth-order valence-electron chi connectivity index (χ4n) is 2.53. The standard InChI is InChI=1S/C13H28N2O.ClH/c1-12(2)11-15(8-10-16-9-7-14)13-5-3-4-6-13;/h12-13H,3-11,14H2,1-2H3;1H. The average Bonchev–Trinajstić information content (AvgIpc) is 2.75. The van der Waals surface area contributed by atoms with Gasteiger partial charge in [-0.25, -0.2) is 0 Å². The number of nitrogens with two attached hydrogens (primary N) is 1. The number of hydrogen-bond donors (Lipinski definition) is 1. The molecule has 1 saturated carbocycles. The molecule has 0 bridgehead atoms. The van der Waals surface area contributed by atoms with Gasteiger partial charge in [-0.2, -0.15) is 0 Å². The third-order valence-corrected chi connectivity index (χ3v) is 3.23. The van der Waals surface area contributed by atoms with Crippen molar-refractivity contribution in [3.8, 4) is 0 Å². The van der Waals surface area contributed by atoms with E-state index in [9.17, 15) is 0 Å². The molecule has 1 aliphatic carbocycles. The summed E-state index contributed by atoms with van der Waals surface area (Å²) in [6.45, 7) is 9.03. The van der Waals surface area contributed by atoms with E-state index < -0.39 is 0 Å². The van der Waals surface area contributed by atoms with Gasteiger partial charge in [0.1, 0.15) is 0 Å². The zero-order valence-corrected chi connectivity index (χ0v) is 12.2. The van der Waals surface area contributed by atoms with Gasteiger partial charge >= 0.3 is 0 Å². The van der Waals surface area contributed by atoms with Crippen molar-refractivity contribution in [2.45, 2.75) is 45.6 Å². The monoisotopic (exact) mass is 264 g/mol. The molecule has 0 amide bonds. The average molecular weight is 265 g/mol. The molecule has 0 unspecified atom stereocenters. The van der Waals surface area contributed by atoms with Crippen molar-refractivity contribution in [1.29, 1.82) is 0 Å². The molecule has 104 valence electrons. The van der Waals surface area contributed by atoms with Crippen LogP contribution in [0.5, 0.6) is 0 Å². The van der Waals surface area contributed by atoms with E-state index in [1.807, 2.05) is 0 Å². The molecule has 0 radical (unpaired) electrons. The lowest BCUT2D eigenvalue weighted by molar-refractivity contribution is 0.0853. The normalized spacial score (nSPS) is 16.8. The summed E-state index contributed by atoms with van der Waals surface area (Å²) in [5.74, 6) is 0.745. The molecule has 0 heterocycles. The summed E-state index contributed by atoms with van der Waals surface area (Å²) in [5, 5.41) is 0. The molecule has 2 N–H and O–H groups in total. The fraction of sp³-hybridized carbons (Fsp3) is 1.00. The van der Waals surface area contributed by atoms with Crippen LogP contribution in [0.1, 0.15) is 39.5 Å². The Morgan fingerprint density at radius 1 is 1.24 bits per heavy atom. The van der Waals surface area contributed by atoms with Gasteiger partial charge in [-0.3, -0.25) is 4.90 Å². The summed E-state index contributed by atoms with van der Waals surface area (Å²) in [6, 6.07) is 0.809. The largest absolute Gasteiger partial charge is 0.379 e. The van der Waals surface area contributed by atoms with Crippen LogP contribution in [0, 0.1) is 5.92 Å². The van der Waals surface area contributed by atoms with Crippen molar-refractivity contribution < 1.29 is 4.74 Å². The van der Waals surface area contributed by atoms with Gasteiger partial charge in [0.25, 0.3) is 0 Å². The van der Waals surface area contributed by atoms with Crippen molar-refractivity contribution in [2.75, 3.05) is 32.8 Å². The lowest BCUT2D eigenvalue weighted by atomic mass is 10.1. The van der Waals surface area contributed by atoms with Crippen molar-refractivity contribution in [2.24, 2.45) is 11.7 Å². The van der Waals surface area contributed by atoms with Crippen molar-refractivity contribution in [1.82, 2.24) is 4.90 Å². The SMILES string of the molecule is CC(C)CN(CCOCCN)C1CCCC1.Cl. The highest BCUT2D eigenvalue weighted by atomic mass is 35.5. The van der Waals surface area contributed by atoms with Gasteiger partial charge in [0.05, 0.1) is 13.2 Å². The highest BCUT2D eigenvalue weighted by molar-refractivity contribution is 5.85. The number of halogens is 1. The second-order valence-corrected chi connectivity index (χ2v) is 5.23. The van der Waals surface area contributed by atoms with Gasteiger partial charge in [0, 0.05) is 25.7 Å². The number of nitrogens with zero attached hydrogens (tertiary/aromatic N) is 1. The van der Waals surface area contributed by atoms with Crippen LogP contribution in [-0.2, 0) is 4.74 Å². The number of ether oxygens (including phenoxy) is 1. The molecule has 0 aromatic carbocycles. The lowest BCUT2D eigenvalue weighted by Gasteiger charge is -2.30. The summed E-state index contributed by atoms with van der Waals surface area (Å²) in [7, 11) is 0. The Labute approximate surface area is 112 Å². The molecule has 4 heteroatoms. The van der Waals surface area contributed by atoms with E-state index in [-0.39, 0.29) is 12.4 Å². The van der Waals surface area contributed by atoms with Crippen LogP contribution in [0.15, 0.2) is 0 Å². The van der Waals surface area contributed by atoms with Crippen LogP contribution in [0.2, 0.25) is 0 Å². The molecular weight excluding hydrogens is 236 g/mol. The van der Waals surface area contributed by atoms with Crippen LogP contribution in [0.3, 0.4) is 0 Å². The van der Waals surface area contributed by atoms with E-state index in [1.54, 1.807) is 0 Å². The summed E-state index contributed by atoms with van der Waals surface area (Å²) in [4.78, 5) is 2.62. The summed E-state index contributed by atoms with van der Waals surface area (Å²) >= 11 is 0. The van der Waals surface area contributed by atoms with E-state index >= 15 is 0 Å². The molecule has 3 nitrogen and oxygen atoms in total. The Bertz CT molecular complexity index is 173. The van der Waals surface area contributed by atoms with E-state index in [1.165, 1.54) is 32.2 Å². The van der Waals surface area contributed by atoms with Crippen molar-refractivity contribution >= 4 is 12.4 Å². The Morgan fingerprint density at radius 2 is 1.88 bits per heavy atom. The molecular formula is C13H29ClN2O. The zero-order chi connectivity index (χ0) is 11.8. The van der Waals surface area contributed by atoms with E-state index in [0.29, 0.717) is 13.2 Å². The van der Waals surface area contributed by atoms with Gasteiger partial charge in [0.2, 0.25) is 0 Å². The maximum Gasteiger partial charge on any atom is 0.0594 e. The lowest BCUT2D eigenvalue weighted by Crippen LogP contribution is -2.38. The number of hydrogen-bond acceptors (Lipinski definition) is 3. The Balaban J connectivity index is 0.00000256. The second-order valence-electron chi connectivity index (χ2n) is 5.23. The van der Waals surface area contributed by atoms with Gasteiger partial charge in [0.15, 0.2) is 0 Å². The molecule has 1 aliphatic rings. The Hall–Kier alpha value is 0.170. The maximum atomic E-state index is 5.49. The van der Waals surface area contributed by atoms with Crippen molar-refractivity contribution in [3.05, 3.63) is 0 Å². The van der Waals surface area contributed by atoms with E-state index in [4.69, 9.17) is 10.5 Å². The first-order valence-corrected chi connectivity index (χ1v) is 6.76. The minimum atomic E-state index is 0. The van der Waals surface area contributed by atoms with E-state index in [2.05, 4.69) is 18.7 Å². The summed E-state index contributed by atoms with van der Waals surface area (Å²) in [6.07, 6.45) is 5.57. The first-order valence-electron chi connectivity index (χ1n) is 6.76. The molecule has 0 aromatic heterocycles. The topological polar surface area (TPSA) is 38.5 Å². The van der Waals surface area contributed by atoms with Crippen LogP contribution < -0.4 is 5.73 Å². The molecule has 1 fully saturated rings. The molecule has 17 heavy (non-hydrogen) atoms. The van der Waals surface area contributed by atoms with Gasteiger partial charge in [-0.1, -0.05) is 26.7 Å². The Kier molecular flexibility index (Phi) is 10.2. The van der Waals surface area contributed by atoms with Crippen LogP contribution >= 0.6 is 12.4 Å². The second kappa shape index (κ2) is 10.1. The summed E-state index contributed by atoms with van der Waals surface area (Å²) in [5.41, 5.74) is 5.41.